The van der Waals surface area contributed by atoms with E-state index in [9.17, 15) is 4.79 Å². The Balaban J connectivity index is 0.00000196. The Morgan fingerprint density at radius 3 is 2.47 bits per heavy atom. The summed E-state index contributed by atoms with van der Waals surface area (Å²) in [6, 6.07) is 0. The largest absolute Gasteiger partial charge is 1.00 e. The van der Waals surface area contributed by atoms with Crippen LogP contribution in [0.2, 0.25) is 0 Å². The Morgan fingerprint density at radius 1 is 1.53 bits per heavy atom. The fraction of sp³-hybridized carbons (Fsp3) is 0.778. The van der Waals surface area contributed by atoms with Crippen molar-refractivity contribution in [3.63, 3.8) is 0 Å². The molecular weight excluding hydrogens is 257 g/mol. The molecule has 0 spiro atoms. The van der Waals surface area contributed by atoms with Gasteiger partial charge in [0.25, 0.3) is 0 Å². The first-order valence-electron chi connectivity index (χ1n) is 4.77. The summed E-state index contributed by atoms with van der Waals surface area (Å²) in [6.07, 6.45) is 1.60. The van der Waals surface area contributed by atoms with Gasteiger partial charge < -0.3 is 34.5 Å². The van der Waals surface area contributed by atoms with Crippen molar-refractivity contribution in [2.45, 2.75) is 19.8 Å². The standard InChI is InChI=1S/C9H15NO2S2.K/c1-2-12-8(11)7-3-5-10(6-4-7)9(13)14;/h7H,2-6H2,1H3,(H,13,14);/q;+1/p-1. The zero-order valence-corrected chi connectivity index (χ0v) is 13.9. The van der Waals surface area contributed by atoms with Crippen molar-refractivity contribution < 1.29 is 60.9 Å². The molecule has 0 saturated carbocycles. The Kier molecular flexibility index (Phi) is 9.00. The van der Waals surface area contributed by atoms with Gasteiger partial charge in [-0.15, -0.1) is 0 Å². The molecule has 1 rings (SSSR count). The van der Waals surface area contributed by atoms with Crippen molar-refractivity contribution in [3.05, 3.63) is 0 Å². The van der Waals surface area contributed by atoms with Crippen LogP contribution in [0.3, 0.4) is 0 Å². The molecule has 1 heterocycles. The second-order valence-corrected chi connectivity index (χ2v) is 4.31. The van der Waals surface area contributed by atoms with E-state index in [1.165, 1.54) is 0 Å². The Labute approximate surface area is 144 Å². The number of ether oxygens (including phenoxy) is 1. The number of likely N-dealkylation sites (tertiary alicyclic amines) is 1. The van der Waals surface area contributed by atoms with E-state index in [1.807, 2.05) is 11.8 Å². The van der Waals surface area contributed by atoms with Crippen LogP contribution in [0.25, 0.3) is 0 Å². The third kappa shape index (κ3) is 5.39. The maximum Gasteiger partial charge on any atom is 1.00 e. The Bertz CT molecular complexity index is 230. The number of carbonyl (C=O) groups excluding carboxylic acids is 1. The molecule has 0 aromatic carbocycles. The Morgan fingerprint density at radius 2 is 2.07 bits per heavy atom. The SMILES string of the molecule is CCOC(=O)C1CCN(C(=S)[S-])CC1.[K+]. The van der Waals surface area contributed by atoms with Crippen LogP contribution in [-0.2, 0) is 22.2 Å². The fourth-order valence-corrected chi connectivity index (χ4v) is 1.92. The van der Waals surface area contributed by atoms with Gasteiger partial charge in [0.2, 0.25) is 0 Å². The molecule has 0 bridgehead atoms. The minimum Gasteiger partial charge on any atom is -0.466 e. The van der Waals surface area contributed by atoms with Gasteiger partial charge in [-0.3, -0.25) is 4.79 Å². The van der Waals surface area contributed by atoms with E-state index in [0.29, 0.717) is 10.9 Å². The molecule has 0 radical (unpaired) electrons. The van der Waals surface area contributed by atoms with Crippen molar-refractivity contribution >= 4 is 35.1 Å². The summed E-state index contributed by atoms with van der Waals surface area (Å²) in [5, 5.41) is 0. The smallest absolute Gasteiger partial charge is 0.466 e. The molecular formula is C9H14KNO2S2. The monoisotopic (exact) mass is 271 g/mol. The quantitative estimate of drug-likeness (QED) is 0.253. The van der Waals surface area contributed by atoms with Crippen LogP contribution in [-0.4, -0.2) is 34.9 Å². The van der Waals surface area contributed by atoms with Crippen LogP contribution in [0.15, 0.2) is 0 Å². The van der Waals surface area contributed by atoms with E-state index in [1.54, 1.807) is 0 Å². The average Bonchev–Trinajstić information content (AvgIpc) is 2.18. The molecule has 6 heteroatoms. The van der Waals surface area contributed by atoms with Gasteiger partial charge in [-0.25, -0.2) is 0 Å². The summed E-state index contributed by atoms with van der Waals surface area (Å²) in [4.78, 5) is 13.3. The van der Waals surface area contributed by atoms with Gasteiger partial charge in [-0.05, 0) is 19.8 Å². The zero-order chi connectivity index (χ0) is 10.6. The number of esters is 1. The van der Waals surface area contributed by atoms with Crippen LogP contribution < -0.4 is 51.4 Å². The van der Waals surface area contributed by atoms with Crippen molar-refractivity contribution in [1.29, 1.82) is 0 Å². The van der Waals surface area contributed by atoms with Gasteiger partial charge in [0.05, 0.1) is 12.5 Å². The molecule has 3 nitrogen and oxygen atoms in total. The molecule has 0 N–H and O–H groups in total. The molecule has 0 aliphatic carbocycles. The predicted octanol–water partition coefficient (Wildman–Crippen LogP) is -1.90. The summed E-state index contributed by atoms with van der Waals surface area (Å²) < 4.78 is 5.47. The number of thiocarbonyl (C=S) groups is 1. The summed E-state index contributed by atoms with van der Waals surface area (Å²) >= 11 is 9.79. The number of piperidine rings is 1. The molecule has 0 aromatic heterocycles. The van der Waals surface area contributed by atoms with E-state index in [0.717, 1.165) is 25.9 Å². The van der Waals surface area contributed by atoms with Crippen molar-refractivity contribution in [3.8, 4) is 0 Å². The van der Waals surface area contributed by atoms with Gasteiger partial charge in [-0.2, -0.15) is 0 Å². The third-order valence-electron chi connectivity index (χ3n) is 2.37. The fourth-order valence-electron chi connectivity index (χ4n) is 1.56. The van der Waals surface area contributed by atoms with Crippen molar-refractivity contribution in [2.75, 3.05) is 19.7 Å². The van der Waals surface area contributed by atoms with E-state index in [4.69, 9.17) is 29.6 Å². The molecule has 1 aliphatic rings. The van der Waals surface area contributed by atoms with Crippen LogP contribution >= 0.6 is 12.2 Å². The third-order valence-corrected chi connectivity index (χ3v) is 2.89. The zero-order valence-electron chi connectivity index (χ0n) is 9.19. The molecule has 0 aromatic rings. The maximum atomic E-state index is 11.4. The predicted molar refractivity (Wildman–Crippen MR) is 60.9 cm³/mol. The molecule has 0 atom stereocenters. The number of hydrogen-bond acceptors (Lipinski definition) is 4. The van der Waals surface area contributed by atoms with Gasteiger partial charge >= 0.3 is 57.4 Å². The second-order valence-electron chi connectivity index (χ2n) is 3.28. The van der Waals surface area contributed by atoms with Crippen LogP contribution in [0.4, 0.5) is 0 Å². The molecule has 0 amide bonds. The van der Waals surface area contributed by atoms with Crippen LogP contribution in [0.1, 0.15) is 19.8 Å². The van der Waals surface area contributed by atoms with E-state index < -0.39 is 0 Å². The summed E-state index contributed by atoms with van der Waals surface area (Å²) in [7, 11) is 0. The first kappa shape index (κ1) is 16.2. The van der Waals surface area contributed by atoms with E-state index in [2.05, 4.69) is 0 Å². The van der Waals surface area contributed by atoms with E-state index >= 15 is 0 Å². The number of hydrogen-bond donors (Lipinski definition) is 0. The minimum absolute atomic E-state index is 0. The van der Waals surface area contributed by atoms with Gasteiger partial charge in [0.1, 0.15) is 0 Å². The molecule has 1 aliphatic heterocycles. The number of nitrogens with zero attached hydrogens (tertiary/aromatic N) is 1. The average molecular weight is 271 g/mol. The van der Waals surface area contributed by atoms with Crippen molar-refractivity contribution in [1.82, 2.24) is 4.90 Å². The first-order chi connectivity index (χ1) is 6.65. The van der Waals surface area contributed by atoms with Gasteiger partial charge in [-0.1, -0.05) is 4.32 Å². The minimum atomic E-state index is -0.0811. The molecule has 0 unspecified atom stereocenters. The van der Waals surface area contributed by atoms with Gasteiger partial charge in [0, 0.05) is 13.1 Å². The number of carbonyl (C=O) groups is 1. The first-order valence-corrected chi connectivity index (χ1v) is 5.59. The molecule has 1 saturated heterocycles. The van der Waals surface area contributed by atoms with Crippen molar-refractivity contribution in [2.24, 2.45) is 5.92 Å². The van der Waals surface area contributed by atoms with Crippen LogP contribution in [0, 0.1) is 5.92 Å². The number of rotatable bonds is 2. The van der Waals surface area contributed by atoms with Crippen LogP contribution in [0.5, 0.6) is 0 Å². The topological polar surface area (TPSA) is 29.5 Å². The summed E-state index contributed by atoms with van der Waals surface area (Å²) in [5.41, 5.74) is 0. The maximum absolute atomic E-state index is 11.4. The second kappa shape index (κ2) is 8.33. The summed E-state index contributed by atoms with van der Waals surface area (Å²) in [5.74, 6) is -0.0435. The van der Waals surface area contributed by atoms with Gasteiger partial charge in [0.15, 0.2) is 0 Å². The molecule has 1 fully saturated rings. The molecule has 80 valence electrons. The van der Waals surface area contributed by atoms with E-state index in [-0.39, 0.29) is 63.3 Å². The molecule has 15 heavy (non-hydrogen) atoms. The summed E-state index contributed by atoms with van der Waals surface area (Å²) in [6.45, 7) is 3.85. The Hall–Kier alpha value is 1.22. The normalized spacial score (nSPS) is 16.7.